The minimum atomic E-state index is 1.23. The van der Waals surface area contributed by atoms with Crippen molar-refractivity contribution < 1.29 is 17.3 Å². The summed E-state index contributed by atoms with van der Waals surface area (Å²) in [6.07, 6.45) is 14.0. The van der Waals surface area contributed by atoms with Gasteiger partial charge in [0.05, 0.1) is 0 Å². The molecule has 0 nitrogen and oxygen atoms in total. The second-order valence-electron chi connectivity index (χ2n) is 2.10. The third kappa shape index (κ3) is 6.51. The molecule has 60 valence electrons. The molecule has 10 heavy (non-hydrogen) atoms. The van der Waals surface area contributed by atoms with E-state index >= 15 is 0 Å². The number of allylic oxidation sites excluding steroid dienone is 4. The molecule has 0 aromatic heterocycles. The molecule has 0 radical (unpaired) electrons. The van der Waals surface area contributed by atoms with Crippen molar-refractivity contribution in [2.75, 3.05) is 0 Å². The van der Waals surface area contributed by atoms with Crippen LogP contribution in [0.3, 0.4) is 0 Å². The normalized spacial score (nSPS) is 16.7. The van der Waals surface area contributed by atoms with Gasteiger partial charge in [-0.3, -0.25) is 0 Å². The third-order valence-corrected chi connectivity index (χ3v) is 1.33. The molecule has 0 bridgehead atoms. The molecular formula is C8H12ClRh. The van der Waals surface area contributed by atoms with Gasteiger partial charge in [0.25, 0.3) is 0 Å². The molecule has 0 spiro atoms. The van der Waals surface area contributed by atoms with E-state index in [4.69, 9.17) is 0 Å². The van der Waals surface area contributed by atoms with E-state index in [2.05, 4.69) is 34.0 Å². The molecule has 0 saturated carbocycles. The average molecular weight is 247 g/mol. The number of hydrogen-bond acceptors (Lipinski definition) is 0. The Morgan fingerprint density at radius 2 is 0.900 bits per heavy atom. The molecule has 1 rings (SSSR count). The second kappa shape index (κ2) is 9.39. The van der Waals surface area contributed by atoms with E-state index in [0.29, 0.717) is 0 Å². The summed E-state index contributed by atoms with van der Waals surface area (Å²) in [5.41, 5.74) is 0. The Hall–Kier alpha value is 0.393. The van der Waals surface area contributed by atoms with Crippen LogP contribution in [0.5, 0.6) is 0 Å². The standard InChI is InChI=1S/C8H12.ClH.Rh/c1-2-4-6-8-7-5-3-1;;/h1-2,7-8H,3-6H2;1H;/q;;+1/p-1. The molecule has 0 amide bonds. The molecule has 0 fully saturated rings. The Morgan fingerprint density at radius 3 is 1.10 bits per heavy atom. The Morgan fingerprint density at radius 1 is 0.700 bits per heavy atom. The summed E-state index contributed by atoms with van der Waals surface area (Å²) in [7, 11) is 4.53. The van der Waals surface area contributed by atoms with Crippen molar-refractivity contribution >= 4 is 9.69 Å². The summed E-state index contributed by atoms with van der Waals surface area (Å²) >= 11 is 2.02. The summed E-state index contributed by atoms with van der Waals surface area (Å²) in [5, 5.41) is 0. The van der Waals surface area contributed by atoms with Gasteiger partial charge in [-0.05, 0) is 25.7 Å². The van der Waals surface area contributed by atoms with Gasteiger partial charge in [0.1, 0.15) is 0 Å². The first-order chi connectivity index (χ1) is 5.00. The first-order valence-corrected chi connectivity index (χ1v) is 5.54. The SMILES string of the molecule is C1=CCCC=CCC1.[Cl][Rh]. The predicted octanol–water partition coefficient (Wildman–Crippen LogP) is 3.36. The van der Waals surface area contributed by atoms with Crippen LogP contribution in [-0.4, -0.2) is 0 Å². The van der Waals surface area contributed by atoms with E-state index in [1.165, 1.54) is 25.7 Å². The monoisotopic (exact) mass is 246 g/mol. The molecule has 0 atom stereocenters. The van der Waals surface area contributed by atoms with E-state index in [9.17, 15) is 0 Å². The number of hydrogen-bond donors (Lipinski definition) is 0. The number of halogens is 1. The predicted molar refractivity (Wildman–Crippen MR) is 42.6 cm³/mol. The van der Waals surface area contributed by atoms with Crippen molar-refractivity contribution in [1.82, 2.24) is 0 Å². The van der Waals surface area contributed by atoms with E-state index < -0.39 is 0 Å². The van der Waals surface area contributed by atoms with Crippen molar-refractivity contribution in [3.05, 3.63) is 24.3 Å². The third-order valence-electron chi connectivity index (χ3n) is 1.33. The minimum absolute atomic E-state index is 1.23. The number of rotatable bonds is 0. The molecular weight excluding hydrogens is 234 g/mol. The molecule has 0 heterocycles. The average Bonchev–Trinajstić information content (AvgIpc) is 1.90. The second-order valence-corrected chi connectivity index (χ2v) is 2.10. The Bertz CT molecular complexity index is 81.8. The molecule has 2 heteroatoms. The summed E-state index contributed by atoms with van der Waals surface area (Å²) in [5.74, 6) is 0. The van der Waals surface area contributed by atoms with Crippen molar-refractivity contribution in [2.24, 2.45) is 0 Å². The van der Waals surface area contributed by atoms with Gasteiger partial charge in [0.15, 0.2) is 0 Å². The van der Waals surface area contributed by atoms with Crippen LogP contribution in [0.1, 0.15) is 25.7 Å². The Kier molecular flexibility index (Phi) is 9.76. The van der Waals surface area contributed by atoms with Crippen LogP contribution in [-0.2, 0) is 17.3 Å². The molecule has 1 aliphatic rings. The van der Waals surface area contributed by atoms with Crippen LogP contribution < -0.4 is 0 Å². The summed E-state index contributed by atoms with van der Waals surface area (Å²) in [6.45, 7) is 0. The van der Waals surface area contributed by atoms with E-state index in [1.54, 1.807) is 0 Å². The van der Waals surface area contributed by atoms with Gasteiger partial charge in [-0.25, -0.2) is 0 Å². The quantitative estimate of drug-likeness (QED) is 0.454. The fourth-order valence-corrected chi connectivity index (χ4v) is 0.856. The van der Waals surface area contributed by atoms with Gasteiger partial charge in [-0.15, -0.1) is 0 Å². The maximum absolute atomic E-state index is 4.53. The van der Waals surface area contributed by atoms with Gasteiger partial charge >= 0.3 is 27.0 Å². The van der Waals surface area contributed by atoms with Gasteiger partial charge in [0.2, 0.25) is 0 Å². The first-order valence-electron chi connectivity index (χ1n) is 3.43. The van der Waals surface area contributed by atoms with Crippen molar-refractivity contribution in [2.45, 2.75) is 25.7 Å². The molecule has 0 saturated heterocycles. The van der Waals surface area contributed by atoms with Crippen LogP contribution in [0.25, 0.3) is 0 Å². The first kappa shape index (κ1) is 10.4. The van der Waals surface area contributed by atoms with Crippen LogP contribution >= 0.6 is 9.69 Å². The Labute approximate surface area is 77.1 Å². The van der Waals surface area contributed by atoms with Crippen LogP contribution in [0.2, 0.25) is 0 Å². The van der Waals surface area contributed by atoms with Crippen LogP contribution in [0.15, 0.2) is 24.3 Å². The zero-order valence-electron chi connectivity index (χ0n) is 5.85. The summed E-state index contributed by atoms with van der Waals surface area (Å²) < 4.78 is 0. The summed E-state index contributed by atoms with van der Waals surface area (Å²) in [6, 6.07) is 0. The zero-order valence-corrected chi connectivity index (χ0v) is 8.24. The topological polar surface area (TPSA) is 0 Å². The van der Waals surface area contributed by atoms with E-state index in [-0.39, 0.29) is 0 Å². The maximum atomic E-state index is 4.53. The van der Waals surface area contributed by atoms with Crippen LogP contribution in [0.4, 0.5) is 0 Å². The fraction of sp³-hybridized carbons (Fsp3) is 0.500. The van der Waals surface area contributed by atoms with Gasteiger partial charge < -0.3 is 0 Å². The zero-order chi connectivity index (χ0) is 7.66. The summed E-state index contributed by atoms with van der Waals surface area (Å²) in [4.78, 5) is 0. The molecule has 0 aromatic carbocycles. The van der Waals surface area contributed by atoms with E-state index in [1.807, 2.05) is 17.3 Å². The van der Waals surface area contributed by atoms with Crippen molar-refractivity contribution in [1.29, 1.82) is 0 Å². The van der Waals surface area contributed by atoms with E-state index in [0.717, 1.165) is 0 Å². The van der Waals surface area contributed by atoms with Gasteiger partial charge in [0, 0.05) is 0 Å². The van der Waals surface area contributed by atoms with Gasteiger partial charge in [-0.1, -0.05) is 24.3 Å². The Balaban J connectivity index is 0.000000371. The van der Waals surface area contributed by atoms with Crippen molar-refractivity contribution in [3.8, 4) is 0 Å². The fourth-order valence-electron chi connectivity index (χ4n) is 0.856. The van der Waals surface area contributed by atoms with Crippen molar-refractivity contribution in [3.63, 3.8) is 0 Å². The molecule has 0 aromatic rings. The molecule has 0 N–H and O–H groups in total. The molecule has 0 unspecified atom stereocenters. The van der Waals surface area contributed by atoms with Crippen LogP contribution in [0, 0.1) is 0 Å². The van der Waals surface area contributed by atoms with Gasteiger partial charge in [-0.2, -0.15) is 0 Å². The molecule has 1 aliphatic carbocycles. The molecule has 0 aliphatic heterocycles.